The lowest BCUT2D eigenvalue weighted by atomic mass is 9.98. The second-order valence-corrected chi connectivity index (χ2v) is 5.50. The van der Waals surface area contributed by atoms with Crippen molar-refractivity contribution in [1.29, 1.82) is 0 Å². The molecule has 0 radical (unpaired) electrons. The second kappa shape index (κ2) is 3.49. The first-order chi connectivity index (χ1) is 7.39. The second-order valence-electron chi connectivity index (χ2n) is 5.50. The molecular formula is C14H21NO. The summed E-state index contributed by atoms with van der Waals surface area (Å²) in [6.45, 7) is 8.69. The van der Waals surface area contributed by atoms with Gasteiger partial charge >= 0.3 is 0 Å². The molecule has 1 aliphatic carbocycles. The summed E-state index contributed by atoms with van der Waals surface area (Å²) in [6, 6.07) is 4.60. The van der Waals surface area contributed by atoms with Crippen LogP contribution in [0.1, 0.15) is 36.5 Å². The molecule has 0 saturated heterocycles. The average Bonchev–Trinajstić information content (AvgIpc) is 2.70. The van der Waals surface area contributed by atoms with Crippen LogP contribution in [0.15, 0.2) is 12.1 Å². The molecule has 2 nitrogen and oxygen atoms in total. The van der Waals surface area contributed by atoms with Gasteiger partial charge in [0.25, 0.3) is 0 Å². The molecule has 1 fully saturated rings. The third-order valence-electron chi connectivity index (χ3n) is 4.09. The number of methoxy groups -OCH3 is 1. The van der Waals surface area contributed by atoms with Crippen molar-refractivity contribution in [1.82, 2.24) is 0 Å². The van der Waals surface area contributed by atoms with Crippen LogP contribution < -0.4 is 10.5 Å². The lowest BCUT2D eigenvalue weighted by Crippen LogP contribution is -2.06. The molecule has 0 spiro atoms. The summed E-state index contributed by atoms with van der Waals surface area (Å²) in [6.07, 6.45) is 0. The van der Waals surface area contributed by atoms with E-state index in [1.165, 1.54) is 16.7 Å². The summed E-state index contributed by atoms with van der Waals surface area (Å²) in [5, 5.41) is 0. The molecule has 0 aromatic heterocycles. The SMILES string of the molecule is COc1cc(C)c(C)cc1[C@H]1[C@H](N)C1(C)C. The van der Waals surface area contributed by atoms with Crippen LogP contribution in [0.25, 0.3) is 0 Å². The van der Waals surface area contributed by atoms with Crippen molar-refractivity contribution >= 4 is 0 Å². The maximum absolute atomic E-state index is 6.13. The van der Waals surface area contributed by atoms with Gasteiger partial charge in [0.2, 0.25) is 0 Å². The highest BCUT2D eigenvalue weighted by molar-refractivity contribution is 5.48. The summed E-state index contributed by atoms with van der Waals surface area (Å²) in [7, 11) is 1.73. The zero-order valence-electron chi connectivity index (χ0n) is 10.8. The van der Waals surface area contributed by atoms with E-state index in [9.17, 15) is 0 Å². The Balaban J connectivity index is 2.46. The van der Waals surface area contributed by atoms with Crippen molar-refractivity contribution in [3.63, 3.8) is 0 Å². The minimum absolute atomic E-state index is 0.203. The minimum atomic E-state index is 0.203. The van der Waals surface area contributed by atoms with Crippen LogP contribution in [0.5, 0.6) is 5.75 Å². The van der Waals surface area contributed by atoms with Gasteiger partial charge in [-0.2, -0.15) is 0 Å². The van der Waals surface area contributed by atoms with Crippen LogP contribution in [0, 0.1) is 19.3 Å². The highest BCUT2D eigenvalue weighted by Gasteiger charge is 2.57. The maximum atomic E-state index is 6.13. The van der Waals surface area contributed by atoms with E-state index in [4.69, 9.17) is 10.5 Å². The van der Waals surface area contributed by atoms with Crippen molar-refractivity contribution < 1.29 is 4.74 Å². The molecule has 1 saturated carbocycles. The Hall–Kier alpha value is -1.02. The molecule has 2 heteroatoms. The van der Waals surface area contributed by atoms with Gasteiger partial charge in [0.15, 0.2) is 0 Å². The average molecular weight is 219 g/mol. The molecule has 2 atom stereocenters. The quantitative estimate of drug-likeness (QED) is 0.830. The molecule has 16 heavy (non-hydrogen) atoms. The van der Waals surface area contributed by atoms with Crippen LogP contribution in [0.2, 0.25) is 0 Å². The zero-order chi connectivity index (χ0) is 12.1. The third kappa shape index (κ3) is 1.52. The fourth-order valence-electron chi connectivity index (χ4n) is 2.50. The van der Waals surface area contributed by atoms with E-state index in [0.717, 1.165) is 5.75 Å². The molecule has 1 aromatic carbocycles. The van der Waals surface area contributed by atoms with E-state index >= 15 is 0 Å². The molecule has 1 aromatic rings. The Labute approximate surface area is 97.8 Å². The Morgan fingerprint density at radius 1 is 1.19 bits per heavy atom. The molecule has 1 aliphatic rings. The van der Waals surface area contributed by atoms with Gasteiger partial charge in [-0.15, -0.1) is 0 Å². The van der Waals surface area contributed by atoms with Gasteiger partial charge in [-0.25, -0.2) is 0 Å². The first-order valence-corrected chi connectivity index (χ1v) is 5.80. The summed E-state index contributed by atoms with van der Waals surface area (Å²) in [5.41, 5.74) is 10.2. The number of hydrogen-bond acceptors (Lipinski definition) is 2. The third-order valence-corrected chi connectivity index (χ3v) is 4.09. The van der Waals surface area contributed by atoms with E-state index in [1.807, 2.05) is 0 Å². The number of hydrogen-bond donors (Lipinski definition) is 1. The van der Waals surface area contributed by atoms with Crippen LogP contribution >= 0.6 is 0 Å². The van der Waals surface area contributed by atoms with Gasteiger partial charge in [-0.3, -0.25) is 0 Å². The summed E-state index contributed by atoms with van der Waals surface area (Å²) < 4.78 is 5.47. The van der Waals surface area contributed by atoms with Crippen molar-refractivity contribution in [2.45, 2.75) is 39.7 Å². The zero-order valence-corrected chi connectivity index (χ0v) is 10.8. The molecule has 0 unspecified atom stereocenters. The highest BCUT2D eigenvalue weighted by Crippen LogP contribution is 2.59. The summed E-state index contributed by atoms with van der Waals surface area (Å²) >= 11 is 0. The van der Waals surface area contributed by atoms with Gasteiger partial charge in [-0.05, 0) is 42.0 Å². The number of benzene rings is 1. The summed E-state index contributed by atoms with van der Waals surface area (Å²) in [4.78, 5) is 0. The van der Waals surface area contributed by atoms with E-state index in [-0.39, 0.29) is 11.5 Å². The molecule has 88 valence electrons. The van der Waals surface area contributed by atoms with Crippen LogP contribution in [-0.4, -0.2) is 13.2 Å². The lowest BCUT2D eigenvalue weighted by molar-refractivity contribution is 0.407. The smallest absolute Gasteiger partial charge is 0.122 e. The van der Waals surface area contributed by atoms with Crippen LogP contribution in [-0.2, 0) is 0 Å². The molecule has 2 N–H and O–H groups in total. The van der Waals surface area contributed by atoms with E-state index in [2.05, 4.69) is 39.8 Å². The maximum Gasteiger partial charge on any atom is 0.122 e. The van der Waals surface area contributed by atoms with Crippen molar-refractivity contribution in [2.24, 2.45) is 11.1 Å². The number of ether oxygens (including phenoxy) is 1. The van der Waals surface area contributed by atoms with Crippen molar-refractivity contribution in [3.8, 4) is 5.75 Å². The first kappa shape index (κ1) is 11.5. The predicted molar refractivity (Wildman–Crippen MR) is 67.0 cm³/mol. The number of aryl methyl sites for hydroxylation is 2. The Morgan fingerprint density at radius 3 is 2.12 bits per heavy atom. The predicted octanol–water partition coefficient (Wildman–Crippen LogP) is 2.76. The number of rotatable bonds is 2. The summed E-state index contributed by atoms with van der Waals surface area (Å²) in [5.74, 6) is 1.41. The topological polar surface area (TPSA) is 35.2 Å². The Bertz CT molecular complexity index is 423. The van der Waals surface area contributed by atoms with Crippen LogP contribution in [0.4, 0.5) is 0 Å². The van der Waals surface area contributed by atoms with Crippen molar-refractivity contribution in [2.75, 3.05) is 7.11 Å². The Kier molecular flexibility index (Phi) is 2.50. The van der Waals surface area contributed by atoms with Gasteiger partial charge in [0.1, 0.15) is 5.75 Å². The van der Waals surface area contributed by atoms with Crippen LogP contribution in [0.3, 0.4) is 0 Å². The normalized spacial score (nSPS) is 26.6. The lowest BCUT2D eigenvalue weighted by Gasteiger charge is -2.12. The molecule has 0 amide bonds. The first-order valence-electron chi connectivity index (χ1n) is 5.80. The molecule has 0 bridgehead atoms. The monoisotopic (exact) mass is 219 g/mol. The van der Waals surface area contributed by atoms with Gasteiger partial charge in [0, 0.05) is 12.0 Å². The molecule has 0 heterocycles. The van der Waals surface area contributed by atoms with Gasteiger partial charge in [0.05, 0.1) is 7.11 Å². The largest absolute Gasteiger partial charge is 0.496 e. The fourth-order valence-corrected chi connectivity index (χ4v) is 2.50. The minimum Gasteiger partial charge on any atom is -0.496 e. The Morgan fingerprint density at radius 2 is 1.69 bits per heavy atom. The molecular weight excluding hydrogens is 198 g/mol. The number of nitrogens with two attached hydrogens (primary N) is 1. The highest BCUT2D eigenvalue weighted by atomic mass is 16.5. The van der Waals surface area contributed by atoms with E-state index < -0.39 is 0 Å². The molecule has 0 aliphatic heterocycles. The standard InChI is InChI=1S/C14H21NO/c1-8-6-10(11(16-5)7-9(8)2)12-13(15)14(12,3)4/h6-7,12-13H,15H2,1-5H3/t12-,13-/m0/s1. The van der Waals surface area contributed by atoms with Crippen molar-refractivity contribution in [3.05, 3.63) is 28.8 Å². The van der Waals surface area contributed by atoms with Gasteiger partial charge in [-0.1, -0.05) is 19.9 Å². The van der Waals surface area contributed by atoms with Gasteiger partial charge < -0.3 is 10.5 Å². The molecule has 2 rings (SSSR count). The fraction of sp³-hybridized carbons (Fsp3) is 0.571. The van der Waals surface area contributed by atoms with E-state index in [1.54, 1.807) is 7.11 Å². The van der Waals surface area contributed by atoms with E-state index in [0.29, 0.717) is 5.92 Å².